The van der Waals surface area contributed by atoms with Gasteiger partial charge in [-0.25, -0.2) is 0 Å². The summed E-state index contributed by atoms with van der Waals surface area (Å²) in [6.07, 6.45) is 6.40. The van der Waals surface area contributed by atoms with Gasteiger partial charge >= 0.3 is 0 Å². The number of amides is 1. The van der Waals surface area contributed by atoms with E-state index >= 15 is 0 Å². The van der Waals surface area contributed by atoms with Crippen molar-refractivity contribution < 1.29 is 4.79 Å². The van der Waals surface area contributed by atoms with Crippen LogP contribution in [0.1, 0.15) is 37.8 Å². The second-order valence-corrected chi connectivity index (χ2v) is 4.71. The monoisotopic (exact) mass is 233 g/mol. The molecule has 3 unspecified atom stereocenters. The molecule has 3 N–H and O–H groups in total. The van der Waals surface area contributed by atoms with E-state index in [2.05, 4.69) is 10.3 Å². The van der Waals surface area contributed by atoms with E-state index in [-0.39, 0.29) is 23.9 Å². The molecule has 0 saturated heterocycles. The first-order chi connectivity index (χ1) is 8.18. The molecule has 1 fully saturated rings. The van der Waals surface area contributed by atoms with Crippen LogP contribution in [0.15, 0.2) is 24.5 Å². The fourth-order valence-corrected chi connectivity index (χ4v) is 2.37. The molecule has 0 spiro atoms. The van der Waals surface area contributed by atoms with Crippen LogP contribution >= 0.6 is 0 Å². The first kappa shape index (κ1) is 12.0. The van der Waals surface area contributed by atoms with Crippen LogP contribution in [-0.2, 0) is 4.79 Å². The quantitative estimate of drug-likeness (QED) is 0.829. The third kappa shape index (κ3) is 2.82. The van der Waals surface area contributed by atoms with Gasteiger partial charge in [-0.2, -0.15) is 0 Å². The summed E-state index contributed by atoms with van der Waals surface area (Å²) in [6, 6.07) is 3.87. The van der Waals surface area contributed by atoms with E-state index in [4.69, 9.17) is 5.73 Å². The number of nitrogens with two attached hydrogens (primary N) is 1. The molecule has 2 rings (SSSR count). The van der Waals surface area contributed by atoms with Crippen LogP contribution in [0.5, 0.6) is 0 Å². The highest BCUT2D eigenvalue weighted by molar-refractivity contribution is 5.80. The highest BCUT2D eigenvalue weighted by Gasteiger charge is 2.30. The Morgan fingerprint density at radius 2 is 2.18 bits per heavy atom. The van der Waals surface area contributed by atoms with Crippen molar-refractivity contribution >= 4 is 5.91 Å². The van der Waals surface area contributed by atoms with Crippen LogP contribution in [0, 0.1) is 5.92 Å². The summed E-state index contributed by atoms with van der Waals surface area (Å²) in [5, 5.41) is 3.02. The predicted octanol–water partition coefficient (Wildman–Crippen LogP) is 1.39. The van der Waals surface area contributed by atoms with Gasteiger partial charge in [0.1, 0.15) is 0 Å². The summed E-state index contributed by atoms with van der Waals surface area (Å²) in [5.74, 6) is 0.0681. The number of hydrogen-bond donors (Lipinski definition) is 2. The molecule has 0 aliphatic heterocycles. The Labute approximate surface area is 102 Å². The van der Waals surface area contributed by atoms with Crippen molar-refractivity contribution in [2.45, 2.75) is 38.3 Å². The third-order valence-corrected chi connectivity index (χ3v) is 3.47. The number of pyridine rings is 1. The average Bonchev–Trinajstić information content (AvgIpc) is 2.76. The van der Waals surface area contributed by atoms with Gasteiger partial charge in [0.25, 0.3) is 0 Å². The summed E-state index contributed by atoms with van der Waals surface area (Å²) in [5.41, 5.74) is 6.99. The fraction of sp³-hybridized carbons (Fsp3) is 0.538. The lowest BCUT2D eigenvalue weighted by Crippen LogP contribution is -2.39. The minimum atomic E-state index is -0.0145. The summed E-state index contributed by atoms with van der Waals surface area (Å²) in [4.78, 5) is 16.0. The van der Waals surface area contributed by atoms with Gasteiger partial charge in [-0.05, 0) is 37.5 Å². The molecular weight excluding hydrogens is 214 g/mol. The van der Waals surface area contributed by atoms with Gasteiger partial charge in [-0.3, -0.25) is 9.78 Å². The van der Waals surface area contributed by atoms with E-state index in [1.54, 1.807) is 12.4 Å². The lowest BCUT2D eigenvalue weighted by molar-refractivity contribution is -0.125. The van der Waals surface area contributed by atoms with Crippen molar-refractivity contribution in [3.63, 3.8) is 0 Å². The van der Waals surface area contributed by atoms with Gasteiger partial charge in [0, 0.05) is 18.4 Å². The second-order valence-electron chi connectivity index (χ2n) is 4.71. The van der Waals surface area contributed by atoms with Crippen molar-refractivity contribution in [3.05, 3.63) is 30.1 Å². The first-order valence-corrected chi connectivity index (χ1v) is 6.14. The van der Waals surface area contributed by atoms with Crippen LogP contribution in [0.2, 0.25) is 0 Å². The Morgan fingerprint density at radius 1 is 1.47 bits per heavy atom. The summed E-state index contributed by atoms with van der Waals surface area (Å²) < 4.78 is 0. The predicted molar refractivity (Wildman–Crippen MR) is 66.1 cm³/mol. The maximum absolute atomic E-state index is 12.0. The molecule has 1 aliphatic rings. The third-order valence-electron chi connectivity index (χ3n) is 3.47. The van der Waals surface area contributed by atoms with E-state index in [0.29, 0.717) is 0 Å². The van der Waals surface area contributed by atoms with E-state index < -0.39 is 0 Å². The summed E-state index contributed by atoms with van der Waals surface area (Å²) in [6.45, 7) is 1.98. The van der Waals surface area contributed by atoms with Gasteiger partial charge < -0.3 is 11.1 Å². The van der Waals surface area contributed by atoms with Crippen molar-refractivity contribution in [3.8, 4) is 0 Å². The number of rotatable bonds is 3. The zero-order valence-electron chi connectivity index (χ0n) is 10.1. The Bertz CT molecular complexity index is 380. The van der Waals surface area contributed by atoms with E-state index in [9.17, 15) is 4.79 Å². The minimum absolute atomic E-state index is 0.0123. The van der Waals surface area contributed by atoms with Gasteiger partial charge in [-0.15, -0.1) is 0 Å². The molecule has 92 valence electrons. The lowest BCUT2D eigenvalue weighted by Gasteiger charge is -2.19. The van der Waals surface area contributed by atoms with Crippen molar-refractivity contribution in [1.82, 2.24) is 10.3 Å². The number of carbonyl (C=O) groups excluding carboxylic acids is 1. The number of nitrogens with zero attached hydrogens (tertiary/aromatic N) is 1. The lowest BCUT2D eigenvalue weighted by atomic mass is 10.0. The van der Waals surface area contributed by atoms with Crippen molar-refractivity contribution in [2.75, 3.05) is 0 Å². The van der Waals surface area contributed by atoms with Gasteiger partial charge in [0.15, 0.2) is 0 Å². The molecule has 4 nitrogen and oxygen atoms in total. The highest BCUT2D eigenvalue weighted by atomic mass is 16.2. The fourth-order valence-electron chi connectivity index (χ4n) is 2.37. The Balaban J connectivity index is 1.95. The highest BCUT2D eigenvalue weighted by Crippen LogP contribution is 2.25. The normalized spacial score (nSPS) is 25.5. The molecule has 0 aromatic carbocycles. The Hall–Kier alpha value is -1.42. The average molecular weight is 233 g/mol. The molecular formula is C13H19N3O. The van der Waals surface area contributed by atoms with Gasteiger partial charge in [-0.1, -0.05) is 6.42 Å². The van der Waals surface area contributed by atoms with Gasteiger partial charge in [0.05, 0.1) is 12.0 Å². The van der Waals surface area contributed by atoms with E-state index in [1.807, 2.05) is 19.1 Å². The molecule has 4 heteroatoms. The number of aromatic nitrogens is 1. The first-order valence-electron chi connectivity index (χ1n) is 6.14. The van der Waals surface area contributed by atoms with E-state index in [0.717, 1.165) is 24.8 Å². The van der Waals surface area contributed by atoms with Crippen LogP contribution in [0.25, 0.3) is 0 Å². The van der Waals surface area contributed by atoms with Crippen LogP contribution < -0.4 is 11.1 Å². The molecule has 17 heavy (non-hydrogen) atoms. The smallest absolute Gasteiger partial charge is 0.225 e. The zero-order valence-corrected chi connectivity index (χ0v) is 10.1. The molecule has 1 amide bonds. The van der Waals surface area contributed by atoms with Crippen LogP contribution in [-0.4, -0.2) is 16.9 Å². The molecule has 1 heterocycles. The SMILES string of the molecule is CC(NC(=O)C1CCCC1N)c1ccncc1. The Morgan fingerprint density at radius 3 is 2.76 bits per heavy atom. The molecule has 1 aliphatic carbocycles. The standard InChI is InChI=1S/C13H19N3O/c1-9(10-5-7-15-8-6-10)16-13(17)11-3-2-4-12(11)14/h5-9,11-12H,2-4,14H2,1H3,(H,16,17). The van der Waals surface area contributed by atoms with Crippen LogP contribution in [0.3, 0.4) is 0 Å². The summed E-state index contributed by atoms with van der Waals surface area (Å²) >= 11 is 0. The van der Waals surface area contributed by atoms with Crippen LogP contribution in [0.4, 0.5) is 0 Å². The number of carbonyl (C=O) groups is 1. The molecule has 0 bridgehead atoms. The zero-order chi connectivity index (χ0) is 12.3. The molecule has 1 aromatic heterocycles. The number of hydrogen-bond acceptors (Lipinski definition) is 3. The molecule has 3 atom stereocenters. The van der Waals surface area contributed by atoms with Gasteiger partial charge in [0.2, 0.25) is 5.91 Å². The van der Waals surface area contributed by atoms with Crippen molar-refractivity contribution in [2.24, 2.45) is 11.7 Å². The molecule has 0 radical (unpaired) electrons. The molecule has 1 aromatic rings. The summed E-state index contributed by atoms with van der Waals surface area (Å²) in [7, 11) is 0. The molecule has 1 saturated carbocycles. The van der Waals surface area contributed by atoms with E-state index in [1.165, 1.54) is 0 Å². The Kier molecular flexibility index (Phi) is 3.74. The van der Waals surface area contributed by atoms with Crippen molar-refractivity contribution in [1.29, 1.82) is 0 Å². The maximum atomic E-state index is 12.0. The number of nitrogens with one attached hydrogen (secondary N) is 1. The largest absolute Gasteiger partial charge is 0.349 e. The maximum Gasteiger partial charge on any atom is 0.225 e. The second kappa shape index (κ2) is 5.27. The minimum Gasteiger partial charge on any atom is -0.349 e. The topological polar surface area (TPSA) is 68.0 Å².